The number of primary amides is 1. The van der Waals surface area contributed by atoms with Crippen LogP contribution in [-0.4, -0.2) is 35.8 Å². The van der Waals surface area contributed by atoms with E-state index in [-0.39, 0.29) is 5.92 Å². The number of amides is 2. The second-order valence-electron chi connectivity index (χ2n) is 6.00. The summed E-state index contributed by atoms with van der Waals surface area (Å²) in [5, 5.41) is 0. The number of carbonyl (C=O) groups excluding carboxylic acids is 1. The molecule has 1 atom stereocenters. The fourth-order valence-corrected chi connectivity index (χ4v) is 3.01. The second kappa shape index (κ2) is 6.78. The SMILES string of the molecule is C/N=C/C(C)c1cncc(-c2cnc3c(c2)CCCN3C(N)=O)c1. The summed E-state index contributed by atoms with van der Waals surface area (Å²) in [5.74, 6) is 0.881. The predicted octanol–water partition coefficient (Wildman–Crippen LogP) is 2.78. The molecule has 6 heteroatoms. The number of nitrogens with zero attached hydrogens (tertiary/aromatic N) is 4. The molecule has 0 spiro atoms. The summed E-state index contributed by atoms with van der Waals surface area (Å²) < 4.78 is 0. The molecule has 2 aromatic heterocycles. The van der Waals surface area contributed by atoms with Gasteiger partial charge in [-0.3, -0.25) is 9.88 Å². The molecule has 2 aromatic rings. The third-order valence-corrected chi connectivity index (χ3v) is 4.28. The number of hydrogen-bond donors (Lipinski definition) is 1. The maximum Gasteiger partial charge on any atom is 0.320 e. The highest BCUT2D eigenvalue weighted by molar-refractivity contribution is 5.91. The van der Waals surface area contributed by atoms with Crippen LogP contribution in [0.4, 0.5) is 10.6 Å². The topological polar surface area (TPSA) is 84.5 Å². The van der Waals surface area contributed by atoms with Gasteiger partial charge < -0.3 is 10.7 Å². The van der Waals surface area contributed by atoms with E-state index in [2.05, 4.69) is 34.0 Å². The number of aromatic nitrogens is 2. The number of carbonyl (C=O) groups is 1. The van der Waals surface area contributed by atoms with Crippen molar-refractivity contribution in [2.75, 3.05) is 18.5 Å². The van der Waals surface area contributed by atoms with Gasteiger partial charge in [0, 0.05) is 55.4 Å². The van der Waals surface area contributed by atoms with E-state index < -0.39 is 6.03 Å². The summed E-state index contributed by atoms with van der Waals surface area (Å²) in [7, 11) is 1.77. The second-order valence-corrected chi connectivity index (χ2v) is 6.00. The molecule has 1 aliphatic rings. The van der Waals surface area contributed by atoms with Crippen molar-refractivity contribution in [3.05, 3.63) is 41.9 Å². The van der Waals surface area contributed by atoms with Gasteiger partial charge in [-0.1, -0.05) is 6.92 Å². The number of pyridine rings is 2. The molecule has 24 heavy (non-hydrogen) atoms. The summed E-state index contributed by atoms with van der Waals surface area (Å²) in [6.45, 7) is 2.71. The molecule has 124 valence electrons. The van der Waals surface area contributed by atoms with Crippen molar-refractivity contribution in [1.82, 2.24) is 9.97 Å². The number of anilines is 1. The lowest BCUT2D eigenvalue weighted by Gasteiger charge is -2.26. The molecule has 1 aliphatic heterocycles. The van der Waals surface area contributed by atoms with E-state index in [1.165, 1.54) is 4.90 Å². The number of aryl methyl sites for hydroxylation is 1. The van der Waals surface area contributed by atoms with E-state index in [0.717, 1.165) is 35.1 Å². The Kier molecular flexibility index (Phi) is 4.55. The highest BCUT2D eigenvalue weighted by atomic mass is 16.2. The van der Waals surface area contributed by atoms with Crippen molar-refractivity contribution >= 4 is 18.1 Å². The van der Waals surface area contributed by atoms with Crippen LogP contribution in [-0.2, 0) is 6.42 Å². The van der Waals surface area contributed by atoms with Crippen molar-refractivity contribution in [3.63, 3.8) is 0 Å². The molecule has 0 aromatic carbocycles. The molecule has 2 amide bonds. The summed E-state index contributed by atoms with van der Waals surface area (Å²) in [4.78, 5) is 26.0. The van der Waals surface area contributed by atoms with Gasteiger partial charge in [0.2, 0.25) is 0 Å². The Morgan fingerprint density at radius 2 is 2.12 bits per heavy atom. The minimum Gasteiger partial charge on any atom is -0.351 e. The summed E-state index contributed by atoms with van der Waals surface area (Å²) in [6, 6.07) is 3.74. The van der Waals surface area contributed by atoms with Gasteiger partial charge in [-0.05, 0) is 36.1 Å². The van der Waals surface area contributed by atoms with Crippen molar-refractivity contribution in [2.24, 2.45) is 10.7 Å². The first-order chi connectivity index (χ1) is 11.6. The number of hydrogen-bond acceptors (Lipinski definition) is 4. The standard InChI is InChI=1S/C18H21N5O/c1-12(8-20-2)14-7-15(10-21-9-14)16-6-13-4-3-5-23(18(19)24)17(13)22-11-16/h6-12H,3-5H2,1-2H3,(H2,19,24)/b20-8+. The average molecular weight is 323 g/mol. The lowest BCUT2D eigenvalue weighted by molar-refractivity contribution is 0.253. The van der Waals surface area contributed by atoms with E-state index in [1.807, 2.05) is 18.6 Å². The average Bonchev–Trinajstić information content (AvgIpc) is 2.61. The lowest BCUT2D eigenvalue weighted by Crippen LogP contribution is -2.40. The minimum absolute atomic E-state index is 0.207. The largest absolute Gasteiger partial charge is 0.351 e. The van der Waals surface area contributed by atoms with E-state index in [4.69, 9.17) is 5.73 Å². The molecule has 0 aliphatic carbocycles. The Morgan fingerprint density at radius 3 is 2.88 bits per heavy atom. The summed E-state index contributed by atoms with van der Waals surface area (Å²) in [6.07, 6.45) is 9.15. The number of rotatable bonds is 3. The molecular formula is C18H21N5O. The first kappa shape index (κ1) is 16.1. The van der Waals surface area contributed by atoms with Crippen molar-refractivity contribution in [2.45, 2.75) is 25.7 Å². The molecule has 0 radical (unpaired) electrons. The van der Waals surface area contributed by atoms with Gasteiger partial charge in [-0.2, -0.15) is 0 Å². The number of fused-ring (bicyclic) bond motifs is 1. The monoisotopic (exact) mass is 323 g/mol. The van der Waals surface area contributed by atoms with E-state index in [0.29, 0.717) is 12.4 Å². The molecule has 0 bridgehead atoms. The van der Waals surface area contributed by atoms with Crippen LogP contribution in [0.25, 0.3) is 11.1 Å². The number of urea groups is 1. The van der Waals surface area contributed by atoms with Gasteiger partial charge in [-0.25, -0.2) is 9.78 Å². The predicted molar refractivity (Wildman–Crippen MR) is 95.5 cm³/mol. The van der Waals surface area contributed by atoms with Crippen LogP contribution in [0.1, 0.15) is 30.4 Å². The van der Waals surface area contributed by atoms with Gasteiger partial charge in [-0.15, -0.1) is 0 Å². The highest BCUT2D eigenvalue weighted by Crippen LogP contribution is 2.30. The Hall–Kier alpha value is -2.76. The van der Waals surface area contributed by atoms with E-state index in [1.54, 1.807) is 13.2 Å². The van der Waals surface area contributed by atoms with Crippen LogP contribution in [0.2, 0.25) is 0 Å². The van der Waals surface area contributed by atoms with Crippen molar-refractivity contribution < 1.29 is 4.79 Å². The Labute approximate surface area is 141 Å². The molecule has 3 rings (SSSR count). The van der Waals surface area contributed by atoms with Crippen LogP contribution < -0.4 is 10.6 Å². The van der Waals surface area contributed by atoms with Gasteiger partial charge >= 0.3 is 6.03 Å². The molecule has 2 N–H and O–H groups in total. The molecule has 0 saturated carbocycles. The van der Waals surface area contributed by atoms with Crippen molar-refractivity contribution in [1.29, 1.82) is 0 Å². The lowest BCUT2D eigenvalue weighted by atomic mass is 9.98. The van der Waals surface area contributed by atoms with Gasteiger partial charge in [0.15, 0.2) is 0 Å². The molecular weight excluding hydrogens is 302 g/mol. The van der Waals surface area contributed by atoms with E-state index >= 15 is 0 Å². The molecule has 1 unspecified atom stereocenters. The van der Waals surface area contributed by atoms with Gasteiger partial charge in [0.25, 0.3) is 0 Å². The van der Waals surface area contributed by atoms with Crippen LogP contribution in [0.15, 0.2) is 35.7 Å². The molecule has 0 saturated heterocycles. The summed E-state index contributed by atoms with van der Waals surface area (Å²) in [5.41, 5.74) is 9.60. The van der Waals surface area contributed by atoms with Crippen LogP contribution >= 0.6 is 0 Å². The van der Waals surface area contributed by atoms with Crippen LogP contribution in [0.3, 0.4) is 0 Å². The third kappa shape index (κ3) is 3.13. The van der Waals surface area contributed by atoms with Gasteiger partial charge in [0.05, 0.1) is 0 Å². The van der Waals surface area contributed by atoms with Crippen LogP contribution in [0.5, 0.6) is 0 Å². The molecule has 0 fully saturated rings. The van der Waals surface area contributed by atoms with Crippen LogP contribution in [0, 0.1) is 0 Å². The zero-order valence-corrected chi connectivity index (χ0v) is 13.9. The zero-order chi connectivity index (χ0) is 17.1. The normalized spacial score (nSPS) is 15.3. The Balaban J connectivity index is 1.97. The fourth-order valence-electron chi connectivity index (χ4n) is 3.01. The maximum atomic E-state index is 11.5. The Morgan fingerprint density at radius 1 is 1.33 bits per heavy atom. The Bertz CT molecular complexity index is 787. The quantitative estimate of drug-likeness (QED) is 0.881. The minimum atomic E-state index is -0.451. The molecule has 3 heterocycles. The zero-order valence-electron chi connectivity index (χ0n) is 13.9. The smallest absolute Gasteiger partial charge is 0.320 e. The van der Waals surface area contributed by atoms with Crippen molar-refractivity contribution in [3.8, 4) is 11.1 Å². The fraction of sp³-hybridized carbons (Fsp3) is 0.333. The maximum absolute atomic E-state index is 11.5. The highest BCUT2D eigenvalue weighted by Gasteiger charge is 2.22. The first-order valence-corrected chi connectivity index (χ1v) is 8.03. The first-order valence-electron chi connectivity index (χ1n) is 8.03. The third-order valence-electron chi connectivity index (χ3n) is 4.28. The number of nitrogens with two attached hydrogens (primary N) is 1. The van der Waals surface area contributed by atoms with Gasteiger partial charge in [0.1, 0.15) is 5.82 Å². The summed E-state index contributed by atoms with van der Waals surface area (Å²) >= 11 is 0. The molecule has 6 nitrogen and oxygen atoms in total. The van der Waals surface area contributed by atoms with E-state index in [9.17, 15) is 4.79 Å². The number of aliphatic imine (C=N–C) groups is 1.